The maximum Gasteiger partial charge on any atom is 0.338 e. The maximum absolute atomic E-state index is 12.7. The molecule has 1 fully saturated rings. The van der Waals surface area contributed by atoms with Gasteiger partial charge in [-0.3, -0.25) is 10.1 Å². The van der Waals surface area contributed by atoms with Crippen molar-refractivity contribution in [3.8, 4) is 0 Å². The molecule has 3 aromatic rings. The summed E-state index contributed by atoms with van der Waals surface area (Å²) in [4.78, 5) is 29.1. The summed E-state index contributed by atoms with van der Waals surface area (Å²) in [6, 6.07) is 9.71. The first-order chi connectivity index (χ1) is 15.2. The van der Waals surface area contributed by atoms with Gasteiger partial charge in [0.05, 0.1) is 20.7 Å². The molecule has 10 heteroatoms. The summed E-state index contributed by atoms with van der Waals surface area (Å²) in [7, 11) is -3.65. The molecule has 0 spiro atoms. The van der Waals surface area contributed by atoms with Gasteiger partial charge in [-0.2, -0.15) is 4.31 Å². The van der Waals surface area contributed by atoms with Crippen LogP contribution in [0.15, 0.2) is 41.3 Å². The lowest BCUT2D eigenvalue weighted by Crippen LogP contribution is -2.28. The van der Waals surface area contributed by atoms with Crippen LogP contribution in [0, 0.1) is 13.8 Å². The molecule has 0 radical (unpaired) electrons. The molecule has 0 unspecified atom stereocenters. The molecule has 0 saturated carbocycles. The second-order valence-electron chi connectivity index (χ2n) is 7.71. The van der Waals surface area contributed by atoms with Crippen LogP contribution in [0.1, 0.15) is 34.3 Å². The van der Waals surface area contributed by atoms with E-state index in [1.165, 1.54) is 39.9 Å². The normalized spacial score (nSPS) is 14.6. The minimum Gasteiger partial charge on any atom is -0.452 e. The first kappa shape index (κ1) is 22.4. The van der Waals surface area contributed by atoms with E-state index in [0.29, 0.717) is 18.2 Å². The summed E-state index contributed by atoms with van der Waals surface area (Å²) < 4.78 is 32.9. The number of carbonyl (C=O) groups excluding carboxylic acids is 2. The number of nitrogens with one attached hydrogen (secondary N) is 1. The quantitative estimate of drug-likeness (QED) is 0.550. The minimum atomic E-state index is -3.65. The van der Waals surface area contributed by atoms with Gasteiger partial charge in [-0.25, -0.2) is 18.2 Å². The molecule has 1 aromatic heterocycles. The average molecular weight is 474 g/mol. The van der Waals surface area contributed by atoms with Crippen LogP contribution in [0.3, 0.4) is 0 Å². The van der Waals surface area contributed by atoms with Crippen molar-refractivity contribution in [2.24, 2.45) is 0 Å². The van der Waals surface area contributed by atoms with E-state index < -0.39 is 28.5 Å². The number of ether oxygens (including phenoxy) is 1. The topological polar surface area (TPSA) is 106 Å². The molecule has 0 bridgehead atoms. The predicted octanol–water partition coefficient (Wildman–Crippen LogP) is 3.49. The Morgan fingerprint density at radius 2 is 1.91 bits per heavy atom. The second-order valence-corrected chi connectivity index (χ2v) is 10.7. The molecule has 32 heavy (non-hydrogen) atoms. The number of anilines is 1. The van der Waals surface area contributed by atoms with Gasteiger partial charge in [-0.05, 0) is 62.1 Å². The first-order valence-corrected chi connectivity index (χ1v) is 12.4. The van der Waals surface area contributed by atoms with Gasteiger partial charge in [-0.15, -0.1) is 0 Å². The number of benzene rings is 2. The summed E-state index contributed by atoms with van der Waals surface area (Å²) >= 11 is 1.35. The molecule has 1 aliphatic heterocycles. The molecule has 1 amide bonds. The zero-order chi connectivity index (χ0) is 22.9. The van der Waals surface area contributed by atoms with Crippen molar-refractivity contribution in [1.82, 2.24) is 9.29 Å². The molecule has 4 rings (SSSR count). The van der Waals surface area contributed by atoms with Gasteiger partial charge in [0.1, 0.15) is 0 Å². The van der Waals surface area contributed by atoms with Crippen LogP contribution in [-0.4, -0.2) is 49.3 Å². The SMILES string of the molecule is Cc1cc(C)c2nc(NC(=O)COC(=O)c3cccc(S(=O)(=O)N4CCCC4)c3)sc2c1. The van der Waals surface area contributed by atoms with Crippen molar-refractivity contribution >= 4 is 48.6 Å². The lowest BCUT2D eigenvalue weighted by molar-refractivity contribution is -0.119. The zero-order valence-electron chi connectivity index (χ0n) is 17.8. The van der Waals surface area contributed by atoms with E-state index >= 15 is 0 Å². The molecule has 2 aromatic carbocycles. The van der Waals surface area contributed by atoms with Crippen LogP contribution in [0.25, 0.3) is 10.2 Å². The Balaban J connectivity index is 1.39. The molecule has 2 heterocycles. The number of aromatic nitrogens is 1. The predicted molar refractivity (Wildman–Crippen MR) is 122 cm³/mol. The maximum atomic E-state index is 12.7. The lowest BCUT2D eigenvalue weighted by Gasteiger charge is -2.15. The van der Waals surface area contributed by atoms with Gasteiger partial charge >= 0.3 is 5.97 Å². The Bertz CT molecular complexity index is 1290. The fourth-order valence-corrected chi connectivity index (χ4v) is 6.28. The third-order valence-corrected chi connectivity index (χ3v) is 8.00. The highest BCUT2D eigenvalue weighted by atomic mass is 32.2. The molecule has 1 saturated heterocycles. The number of aryl methyl sites for hydroxylation is 2. The summed E-state index contributed by atoms with van der Waals surface area (Å²) in [6.45, 7) is 4.40. The molecule has 1 aliphatic rings. The number of thiazole rings is 1. The highest BCUT2D eigenvalue weighted by molar-refractivity contribution is 7.89. The molecular formula is C22H23N3O5S2. The lowest BCUT2D eigenvalue weighted by atomic mass is 10.1. The third kappa shape index (κ3) is 4.67. The number of nitrogens with zero attached hydrogens (tertiary/aromatic N) is 2. The number of hydrogen-bond acceptors (Lipinski definition) is 7. The van der Waals surface area contributed by atoms with Gasteiger partial charge in [-0.1, -0.05) is 23.5 Å². The number of rotatable bonds is 6. The standard InChI is InChI=1S/C22H23N3O5S2/c1-14-10-15(2)20-18(11-14)31-22(24-20)23-19(26)13-30-21(27)16-6-5-7-17(12-16)32(28,29)25-8-3-4-9-25/h5-7,10-12H,3-4,8-9,13H2,1-2H3,(H,23,24,26). The highest BCUT2D eigenvalue weighted by Gasteiger charge is 2.27. The van der Waals surface area contributed by atoms with Crippen LogP contribution in [0.2, 0.25) is 0 Å². The molecule has 0 atom stereocenters. The van der Waals surface area contributed by atoms with Crippen LogP contribution in [-0.2, 0) is 19.6 Å². The Morgan fingerprint density at radius 3 is 2.66 bits per heavy atom. The van der Waals surface area contributed by atoms with E-state index in [9.17, 15) is 18.0 Å². The van der Waals surface area contributed by atoms with Gasteiger partial charge in [0.25, 0.3) is 5.91 Å². The van der Waals surface area contributed by atoms with Crippen molar-refractivity contribution < 1.29 is 22.7 Å². The van der Waals surface area contributed by atoms with Crippen LogP contribution >= 0.6 is 11.3 Å². The Hall–Kier alpha value is -2.82. The summed E-state index contributed by atoms with van der Waals surface area (Å²) in [6.07, 6.45) is 1.65. The number of fused-ring (bicyclic) bond motifs is 1. The van der Waals surface area contributed by atoms with Gasteiger partial charge in [0.2, 0.25) is 10.0 Å². The van der Waals surface area contributed by atoms with Crippen LogP contribution in [0.4, 0.5) is 5.13 Å². The smallest absolute Gasteiger partial charge is 0.338 e. The van der Waals surface area contributed by atoms with Crippen molar-refractivity contribution in [2.75, 3.05) is 25.0 Å². The molecule has 1 N–H and O–H groups in total. The highest BCUT2D eigenvalue weighted by Crippen LogP contribution is 2.29. The van der Waals surface area contributed by atoms with E-state index in [1.807, 2.05) is 26.0 Å². The summed E-state index contributed by atoms with van der Waals surface area (Å²) in [5.74, 6) is -1.29. The summed E-state index contributed by atoms with van der Waals surface area (Å²) in [5.41, 5.74) is 3.03. The van der Waals surface area contributed by atoms with E-state index in [0.717, 1.165) is 34.2 Å². The monoisotopic (exact) mass is 473 g/mol. The average Bonchev–Trinajstić information content (AvgIpc) is 3.42. The van der Waals surface area contributed by atoms with Gasteiger partial charge in [0, 0.05) is 13.1 Å². The summed E-state index contributed by atoms with van der Waals surface area (Å²) in [5, 5.41) is 3.07. The second kappa shape index (κ2) is 8.97. The molecule has 0 aliphatic carbocycles. The Labute approximate surface area is 190 Å². The van der Waals surface area contributed by atoms with Gasteiger partial charge < -0.3 is 4.74 Å². The van der Waals surface area contributed by atoms with E-state index in [-0.39, 0.29) is 10.5 Å². The van der Waals surface area contributed by atoms with E-state index in [1.54, 1.807) is 0 Å². The minimum absolute atomic E-state index is 0.0402. The molecular weight excluding hydrogens is 450 g/mol. The molecule has 8 nitrogen and oxygen atoms in total. The Kier molecular flexibility index (Phi) is 6.27. The largest absolute Gasteiger partial charge is 0.452 e. The van der Waals surface area contributed by atoms with E-state index in [2.05, 4.69) is 10.3 Å². The van der Waals surface area contributed by atoms with Crippen molar-refractivity contribution in [3.63, 3.8) is 0 Å². The number of hydrogen-bond donors (Lipinski definition) is 1. The van der Waals surface area contributed by atoms with Gasteiger partial charge in [0.15, 0.2) is 11.7 Å². The fraction of sp³-hybridized carbons (Fsp3) is 0.318. The number of esters is 1. The van der Waals surface area contributed by atoms with Crippen LogP contribution < -0.4 is 5.32 Å². The third-order valence-electron chi connectivity index (χ3n) is 5.18. The van der Waals surface area contributed by atoms with Crippen LogP contribution in [0.5, 0.6) is 0 Å². The number of amides is 1. The van der Waals surface area contributed by atoms with Crippen molar-refractivity contribution in [2.45, 2.75) is 31.6 Å². The zero-order valence-corrected chi connectivity index (χ0v) is 19.4. The fourth-order valence-electron chi connectivity index (χ4n) is 3.65. The van der Waals surface area contributed by atoms with Crippen molar-refractivity contribution in [1.29, 1.82) is 0 Å². The van der Waals surface area contributed by atoms with E-state index in [4.69, 9.17) is 4.74 Å². The number of sulfonamides is 1. The first-order valence-electron chi connectivity index (χ1n) is 10.2. The Morgan fingerprint density at radius 1 is 1.16 bits per heavy atom. The molecule has 168 valence electrons. The van der Waals surface area contributed by atoms with Crippen molar-refractivity contribution in [3.05, 3.63) is 53.1 Å². The number of carbonyl (C=O) groups is 2.